The molecule has 0 saturated heterocycles. The molecule has 0 aromatic heterocycles. The number of amides is 1. The summed E-state index contributed by atoms with van der Waals surface area (Å²) in [5.74, 6) is -0.273. The quantitative estimate of drug-likeness (QED) is 0.897. The third-order valence-corrected chi connectivity index (χ3v) is 4.30. The van der Waals surface area contributed by atoms with Crippen LogP contribution in [-0.2, 0) is 10.0 Å². The molecule has 1 atom stereocenters. The van der Waals surface area contributed by atoms with E-state index in [1.54, 1.807) is 43.3 Å². The Bertz CT molecular complexity index is 789. The van der Waals surface area contributed by atoms with Gasteiger partial charge in [0.2, 0.25) is 10.0 Å². The summed E-state index contributed by atoms with van der Waals surface area (Å²) in [6, 6.07) is 12.3. The first kappa shape index (κ1) is 16.5. The Morgan fingerprint density at radius 3 is 2.41 bits per heavy atom. The van der Waals surface area contributed by atoms with Gasteiger partial charge in [-0.15, -0.1) is 0 Å². The molecular formula is C15H15ClN2O3S. The zero-order valence-corrected chi connectivity index (χ0v) is 13.4. The van der Waals surface area contributed by atoms with Gasteiger partial charge in [-0.25, -0.2) is 13.6 Å². The van der Waals surface area contributed by atoms with Gasteiger partial charge in [0.05, 0.1) is 10.9 Å². The smallest absolute Gasteiger partial charge is 0.251 e. The lowest BCUT2D eigenvalue weighted by Gasteiger charge is -2.15. The molecule has 5 nitrogen and oxygen atoms in total. The largest absolute Gasteiger partial charge is 0.346 e. The third kappa shape index (κ3) is 4.07. The van der Waals surface area contributed by atoms with Gasteiger partial charge in [0.1, 0.15) is 0 Å². The lowest BCUT2D eigenvalue weighted by Crippen LogP contribution is -2.26. The molecule has 2 aromatic carbocycles. The summed E-state index contributed by atoms with van der Waals surface area (Å²) in [6.45, 7) is 1.76. The summed E-state index contributed by atoms with van der Waals surface area (Å²) < 4.78 is 22.7. The van der Waals surface area contributed by atoms with E-state index in [0.29, 0.717) is 16.1 Å². The molecule has 0 radical (unpaired) electrons. The van der Waals surface area contributed by atoms with Crippen molar-refractivity contribution in [3.63, 3.8) is 0 Å². The van der Waals surface area contributed by atoms with Crippen LogP contribution < -0.4 is 10.5 Å². The molecule has 0 unspecified atom stereocenters. The van der Waals surface area contributed by atoms with Crippen molar-refractivity contribution >= 4 is 27.5 Å². The van der Waals surface area contributed by atoms with E-state index in [2.05, 4.69) is 5.32 Å². The van der Waals surface area contributed by atoms with Crippen LogP contribution in [-0.4, -0.2) is 14.3 Å². The first-order chi connectivity index (χ1) is 10.3. The number of halogens is 1. The Morgan fingerprint density at radius 1 is 1.18 bits per heavy atom. The fourth-order valence-electron chi connectivity index (χ4n) is 1.93. The van der Waals surface area contributed by atoms with Crippen LogP contribution in [0.5, 0.6) is 0 Å². The van der Waals surface area contributed by atoms with E-state index in [0.717, 1.165) is 0 Å². The first-order valence-corrected chi connectivity index (χ1v) is 8.39. The minimum Gasteiger partial charge on any atom is -0.346 e. The average molecular weight is 339 g/mol. The molecule has 1 amide bonds. The van der Waals surface area contributed by atoms with Crippen molar-refractivity contribution in [3.8, 4) is 0 Å². The van der Waals surface area contributed by atoms with E-state index in [1.807, 2.05) is 0 Å². The van der Waals surface area contributed by atoms with Gasteiger partial charge in [0.15, 0.2) is 0 Å². The maximum atomic E-state index is 12.1. The first-order valence-electron chi connectivity index (χ1n) is 6.46. The number of hydrogen-bond donors (Lipinski definition) is 2. The van der Waals surface area contributed by atoms with E-state index in [4.69, 9.17) is 16.7 Å². The van der Waals surface area contributed by atoms with Crippen molar-refractivity contribution in [3.05, 3.63) is 64.7 Å². The van der Waals surface area contributed by atoms with Crippen LogP contribution in [0.25, 0.3) is 0 Å². The topological polar surface area (TPSA) is 89.3 Å². The lowest BCUT2D eigenvalue weighted by molar-refractivity contribution is 0.0940. The normalized spacial score (nSPS) is 12.7. The molecule has 7 heteroatoms. The number of carbonyl (C=O) groups is 1. The Morgan fingerprint density at radius 2 is 1.82 bits per heavy atom. The summed E-state index contributed by atoms with van der Waals surface area (Å²) in [7, 11) is -3.77. The van der Waals surface area contributed by atoms with E-state index in [1.165, 1.54) is 12.1 Å². The molecule has 0 spiro atoms. The Balaban J connectivity index is 2.17. The van der Waals surface area contributed by atoms with Crippen LogP contribution in [0, 0.1) is 0 Å². The fraction of sp³-hybridized carbons (Fsp3) is 0.133. The SMILES string of the molecule is C[C@H](NC(=O)c1ccc(Cl)cc1)c1cccc(S(N)(=O)=O)c1. The Labute approximate surface area is 134 Å². The van der Waals surface area contributed by atoms with Crippen molar-refractivity contribution in [1.82, 2.24) is 5.32 Å². The van der Waals surface area contributed by atoms with Gasteiger partial charge in [0, 0.05) is 10.6 Å². The van der Waals surface area contributed by atoms with Gasteiger partial charge in [0.25, 0.3) is 5.91 Å². The molecule has 22 heavy (non-hydrogen) atoms. The van der Waals surface area contributed by atoms with Crippen LogP contribution in [0.3, 0.4) is 0 Å². The number of benzene rings is 2. The molecule has 2 rings (SSSR count). The van der Waals surface area contributed by atoms with Gasteiger partial charge in [-0.1, -0.05) is 23.7 Å². The molecule has 3 N–H and O–H groups in total. The monoisotopic (exact) mass is 338 g/mol. The third-order valence-electron chi connectivity index (χ3n) is 3.14. The standard InChI is InChI=1S/C15H15ClN2O3S/c1-10(12-3-2-4-14(9-12)22(17,20)21)18-15(19)11-5-7-13(16)8-6-11/h2-10H,1H3,(H,18,19)(H2,17,20,21)/t10-/m0/s1. The molecule has 0 fully saturated rings. The van der Waals surface area contributed by atoms with Crippen LogP contribution in [0.2, 0.25) is 5.02 Å². The molecular weight excluding hydrogens is 324 g/mol. The highest BCUT2D eigenvalue weighted by Crippen LogP contribution is 2.17. The fourth-order valence-corrected chi connectivity index (χ4v) is 2.62. The number of sulfonamides is 1. The molecule has 0 bridgehead atoms. The van der Waals surface area contributed by atoms with Crippen molar-refractivity contribution in [2.24, 2.45) is 5.14 Å². The van der Waals surface area contributed by atoms with Gasteiger partial charge < -0.3 is 5.32 Å². The molecule has 0 aliphatic carbocycles. The number of rotatable bonds is 4. The molecule has 0 heterocycles. The van der Waals surface area contributed by atoms with Gasteiger partial charge >= 0.3 is 0 Å². The average Bonchev–Trinajstić information content (AvgIpc) is 2.47. The summed E-state index contributed by atoms with van der Waals surface area (Å²) >= 11 is 5.78. The Hall–Kier alpha value is -1.89. The number of hydrogen-bond acceptors (Lipinski definition) is 3. The van der Waals surface area contributed by atoms with Gasteiger partial charge in [-0.05, 0) is 48.9 Å². The highest BCUT2D eigenvalue weighted by molar-refractivity contribution is 7.89. The zero-order chi connectivity index (χ0) is 16.3. The van der Waals surface area contributed by atoms with Crippen molar-refractivity contribution < 1.29 is 13.2 Å². The Kier molecular flexibility index (Phi) is 4.85. The minimum atomic E-state index is -3.77. The number of carbonyl (C=O) groups excluding carboxylic acids is 1. The van der Waals surface area contributed by atoms with E-state index in [9.17, 15) is 13.2 Å². The minimum absolute atomic E-state index is 0.0117. The molecule has 0 saturated carbocycles. The van der Waals surface area contributed by atoms with E-state index in [-0.39, 0.29) is 16.8 Å². The summed E-state index contributed by atoms with van der Waals surface area (Å²) in [4.78, 5) is 12.1. The van der Waals surface area contributed by atoms with Crippen LogP contribution >= 0.6 is 11.6 Å². The number of nitrogens with one attached hydrogen (secondary N) is 1. The lowest BCUT2D eigenvalue weighted by atomic mass is 10.1. The van der Waals surface area contributed by atoms with Crippen molar-refractivity contribution in [1.29, 1.82) is 0 Å². The van der Waals surface area contributed by atoms with Crippen molar-refractivity contribution in [2.75, 3.05) is 0 Å². The second kappa shape index (κ2) is 6.48. The maximum absolute atomic E-state index is 12.1. The maximum Gasteiger partial charge on any atom is 0.251 e. The van der Waals surface area contributed by atoms with Gasteiger partial charge in [-0.2, -0.15) is 0 Å². The van der Waals surface area contributed by atoms with Crippen LogP contribution in [0.1, 0.15) is 28.9 Å². The van der Waals surface area contributed by atoms with E-state index < -0.39 is 10.0 Å². The highest BCUT2D eigenvalue weighted by atomic mass is 35.5. The van der Waals surface area contributed by atoms with Gasteiger partial charge in [-0.3, -0.25) is 4.79 Å². The summed E-state index contributed by atoms with van der Waals surface area (Å²) in [5, 5.41) is 8.44. The predicted molar refractivity (Wildman–Crippen MR) is 85.1 cm³/mol. The highest BCUT2D eigenvalue weighted by Gasteiger charge is 2.14. The summed E-state index contributed by atoms with van der Waals surface area (Å²) in [6.07, 6.45) is 0. The van der Waals surface area contributed by atoms with Crippen molar-refractivity contribution in [2.45, 2.75) is 17.9 Å². The zero-order valence-electron chi connectivity index (χ0n) is 11.8. The molecule has 2 aromatic rings. The second-order valence-electron chi connectivity index (χ2n) is 4.82. The number of nitrogens with two attached hydrogens (primary N) is 1. The number of primary sulfonamides is 1. The summed E-state index contributed by atoms with van der Waals surface area (Å²) in [5.41, 5.74) is 1.12. The molecule has 0 aliphatic rings. The second-order valence-corrected chi connectivity index (χ2v) is 6.82. The van der Waals surface area contributed by atoms with Crippen LogP contribution in [0.15, 0.2) is 53.4 Å². The predicted octanol–water partition coefficient (Wildman–Crippen LogP) is 2.48. The van der Waals surface area contributed by atoms with Crippen LogP contribution in [0.4, 0.5) is 0 Å². The molecule has 0 aliphatic heterocycles. The molecule has 116 valence electrons. The van der Waals surface area contributed by atoms with E-state index >= 15 is 0 Å².